The zero-order chi connectivity index (χ0) is 23.7. The van der Waals surface area contributed by atoms with E-state index in [9.17, 15) is 4.79 Å². The predicted octanol–water partition coefficient (Wildman–Crippen LogP) is 4.71. The van der Waals surface area contributed by atoms with E-state index in [-0.39, 0.29) is 11.9 Å². The van der Waals surface area contributed by atoms with Gasteiger partial charge >= 0.3 is 0 Å². The van der Waals surface area contributed by atoms with Crippen molar-refractivity contribution in [2.24, 2.45) is 0 Å². The van der Waals surface area contributed by atoms with Crippen LogP contribution in [0.25, 0.3) is 22.2 Å². The second kappa shape index (κ2) is 8.86. The lowest BCUT2D eigenvalue weighted by atomic mass is 10.1. The molecule has 170 valence electrons. The number of carbonyl (C=O) groups excluding carboxylic acids is 1. The summed E-state index contributed by atoms with van der Waals surface area (Å²) in [6.07, 6.45) is 0. The molecule has 0 saturated heterocycles. The molecule has 0 saturated carbocycles. The Hall–Kier alpha value is -4.39. The van der Waals surface area contributed by atoms with Crippen molar-refractivity contribution in [2.45, 2.75) is 19.5 Å². The summed E-state index contributed by atoms with van der Waals surface area (Å²) in [6.45, 7) is 2.39. The molecule has 5 aromatic rings. The number of methoxy groups -OCH3 is 1. The number of fused-ring (bicyclic) bond motifs is 2. The van der Waals surface area contributed by atoms with Gasteiger partial charge in [0.05, 0.1) is 30.7 Å². The van der Waals surface area contributed by atoms with E-state index >= 15 is 0 Å². The maximum atomic E-state index is 13.5. The van der Waals surface area contributed by atoms with Gasteiger partial charge in [0.1, 0.15) is 22.6 Å². The summed E-state index contributed by atoms with van der Waals surface area (Å²) in [5.74, 6) is 0.825. The number of nitrogens with zero attached hydrogens (tertiary/aromatic N) is 3. The fraction of sp³-hybridized carbons (Fsp3) is 0.148. The topological polar surface area (TPSA) is 95.1 Å². The molecule has 0 bridgehead atoms. The van der Waals surface area contributed by atoms with Gasteiger partial charge in [-0.2, -0.15) is 0 Å². The fourth-order valence-electron chi connectivity index (χ4n) is 4.11. The van der Waals surface area contributed by atoms with Crippen LogP contribution in [0.5, 0.6) is 5.75 Å². The Kier molecular flexibility index (Phi) is 5.59. The molecule has 2 heterocycles. The zero-order valence-corrected chi connectivity index (χ0v) is 19.0. The molecule has 0 fully saturated rings. The second-order valence-electron chi connectivity index (χ2n) is 8.18. The average molecular weight is 452 g/mol. The number of nitrogens with one attached hydrogen (secondary N) is 1. The number of hydrogen-bond acceptors (Lipinski definition) is 5. The van der Waals surface area contributed by atoms with Crippen LogP contribution in [0, 0.1) is 0 Å². The lowest BCUT2D eigenvalue weighted by Gasteiger charge is -2.14. The van der Waals surface area contributed by atoms with Gasteiger partial charge in [-0.3, -0.25) is 4.79 Å². The number of ether oxygens (including phenoxy) is 1. The van der Waals surface area contributed by atoms with E-state index in [2.05, 4.69) is 5.32 Å². The average Bonchev–Trinajstić information content (AvgIpc) is 3.13. The number of rotatable bonds is 6. The molecule has 0 aliphatic carbocycles. The molecule has 0 spiro atoms. The number of carbonyl (C=O) groups is 1. The number of hydrogen-bond donors (Lipinski definition) is 2. The summed E-state index contributed by atoms with van der Waals surface area (Å²) in [6, 6.07) is 24.9. The van der Waals surface area contributed by atoms with Crippen LogP contribution in [0.15, 0.2) is 78.9 Å². The Morgan fingerprint density at radius 2 is 1.62 bits per heavy atom. The van der Waals surface area contributed by atoms with Gasteiger partial charge in [-0.25, -0.2) is 9.97 Å². The number of anilines is 1. The highest BCUT2D eigenvalue weighted by atomic mass is 16.5. The van der Waals surface area contributed by atoms with Crippen LogP contribution in [0.4, 0.5) is 5.82 Å². The largest absolute Gasteiger partial charge is 0.497 e. The fourth-order valence-corrected chi connectivity index (χ4v) is 4.11. The molecule has 2 aromatic heterocycles. The molecule has 5 rings (SSSR count). The van der Waals surface area contributed by atoms with E-state index < -0.39 is 0 Å². The van der Waals surface area contributed by atoms with Gasteiger partial charge in [0.15, 0.2) is 5.65 Å². The first-order valence-electron chi connectivity index (χ1n) is 11.1. The number of para-hydroxylation sites is 2. The monoisotopic (exact) mass is 451 g/mol. The van der Waals surface area contributed by atoms with E-state index in [1.165, 1.54) is 0 Å². The maximum absolute atomic E-state index is 13.5. The molecule has 0 radical (unpaired) electrons. The van der Waals surface area contributed by atoms with Gasteiger partial charge in [-0.15, -0.1) is 0 Å². The number of aromatic nitrogens is 3. The summed E-state index contributed by atoms with van der Waals surface area (Å²) in [4.78, 5) is 23.1. The van der Waals surface area contributed by atoms with Crippen molar-refractivity contribution in [3.8, 4) is 5.75 Å². The van der Waals surface area contributed by atoms with Crippen molar-refractivity contribution in [1.82, 2.24) is 19.9 Å². The third kappa shape index (κ3) is 3.92. The Morgan fingerprint density at radius 3 is 2.29 bits per heavy atom. The van der Waals surface area contributed by atoms with Crippen molar-refractivity contribution in [3.05, 3.63) is 95.6 Å². The first-order chi connectivity index (χ1) is 16.5. The Balaban J connectivity index is 1.60. The predicted molar refractivity (Wildman–Crippen MR) is 134 cm³/mol. The van der Waals surface area contributed by atoms with Crippen molar-refractivity contribution in [2.75, 3.05) is 12.8 Å². The highest BCUT2D eigenvalue weighted by molar-refractivity contribution is 6.10. The minimum Gasteiger partial charge on any atom is -0.497 e. The Labute approximate surface area is 197 Å². The van der Waals surface area contributed by atoms with Gasteiger partial charge in [0.25, 0.3) is 5.91 Å². The molecule has 3 N–H and O–H groups in total. The maximum Gasteiger partial charge on any atom is 0.257 e. The first kappa shape index (κ1) is 21.5. The minimum atomic E-state index is -0.281. The van der Waals surface area contributed by atoms with Crippen LogP contribution >= 0.6 is 0 Å². The highest BCUT2D eigenvalue weighted by Gasteiger charge is 2.25. The smallest absolute Gasteiger partial charge is 0.257 e. The van der Waals surface area contributed by atoms with Crippen molar-refractivity contribution >= 4 is 33.9 Å². The third-order valence-electron chi connectivity index (χ3n) is 5.97. The van der Waals surface area contributed by atoms with Crippen molar-refractivity contribution < 1.29 is 9.53 Å². The third-order valence-corrected chi connectivity index (χ3v) is 5.97. The van der Waals surface area contributed by atoms with Crippen LogP contribution in [0.2, 0.25) is 0 Å². The molecule has 0 aliphatic rings. The highest BCUT2D eigenvalue weighted by Crippen LogP contribution is 2.29. The molecular formula is C27H25N5O2. The molecule has 1 amide bonds. The molecule has 0 unspecified atom stereocenters. The van der Waals surface area contributed by atoms with Crippen molar-refractivity contribution in [3.63, 3.8) is 0 Å². The standard InChI is InChI=1S/C27H25N5O2/c1-17(19-8-4-3-5-9-19)29-27(33)23-24-26(31-22-11-7-6-10-21(22)30-24)32(25(23)28)16-18-12-14-20(34-2)15-13-18/h3-15,17H,16,28H2,1-2H3,(H,29,33)/t17-/m1/s1. The zero-order valence-electron chi connectivity index (χ0n) is 19.0. The Morgan fingerprint density at radius 1 is 0.971 bits per heavy atom. The normalized spacial score (nSPS) is 12.1. The number of nitrogens with two attached hydrogens (primary N) is 1. The van der Waals surface area contributed by atoms with Crippen LogP contribution in [0.1, 0.15) is 34.5 Å². The van der Waals surface area contributed by atoms with E-state index in [4.69, 9.17) is 20.4 Å². The number of benzene rings is 3. The first-order valence-corrected chi connectivity index (χ1v) is 11.1. The molecule has 1 atom stereocenters. The summed E-state index contributed by atoms with van der Waals surface area (Å²) >= 11 is 0. The molecule has 0 aliphatic heterocycles. The lowest BCUT2D eigenvalue weighted by Crippen LogP contribution is -2.27. The quantitative estimate of drug-likeness (QED) is 0.390. The Bertz CT molecular complexity index is 1480. The van der Waals surface area contributed by atoms with Gasteiger partial charge in [0.2, 0.25) is 0 Å². The summed E-state index contributed by atoms with van der Waals surface area (Å²) < 4.78 is 7.11. The number of amides is 1. The number of nitrogen functional groups attached to an aromatic ring is 1. The molecular weight excluding hydrogens is 426 g/mol. The van der Waals surface area contributed by atoms with Crippen molar-refractivity contribution in [1.29, 1.82) is 0 Å². The van der Waals surface area contributed by atoms with Gasteiger partial charge in [-0.1, -0.05) is 54.6 Å². The van der Waals surface area contributed by atoms with Gasteiger partial charge in [0, 0.05) is 0 Å². The van der Waals surface area contributed by atoms with Gasteiger partial charge in [-0.05, 0) is 42.3 Å². The van der Waals surface area contributed by atoms with Crippen LogP contribution in [0.3, 0.4) is 0 Å². The van der Waals surface area contributed by atoms with E-state index in [1.807, 2.05) is 90.4 Å². The molecule has 34 heavy (non-hydrogen) atoms. The van der Waals surface area contributed by atoms with E-state index in [0.29, 0.717) is 34.6 Å². The van der Waals surface area contributed by atoms with Crippen LogP contribution in [-0.4, -0.2) is 27.6 Å². The van der Waals surface area contributed by atoms with Crippen LogP contribution in [-0.2, 0) is 6.54 Å². The van der Waals surface area contributed by atoms with E-state index in [1.54, 1.807) is 7.11 Å². The lowest BCUT2D eigenvalue weighted by molar-refractivity contribution is 0.0942. The summed E-state index contributed by atoms with van der Waals surface area (Å²) in [7, 11) is 1.63. The van der Waals surface area contributed by atoms with E-state index in [0.717, 1.165) is 22.4 Å². The van der Waals surface area contributed by atoms with Crippen LogP contribution < -0.4 is 15.8 Å². The van der Waals surface area contributed by atoms with Gasteiger partial charge < -0.3 is 20.4 Å². The summed E-state index contributed by atoms with van der Waals surface area (Å²) in [5, 5.41) is 3.07. The SMILES string of the molecule is COc1ccc(Cn2c(N)c(C(=O)N[C@H](C)c3ccccc3)c3nc4ccccc4nc32)cc1. The minimum absolute atomic E-state index is 0.193. The second-order valence-corrected chi connectivity index (χ2v) is 8.18. The molecule has 3 aromatic carbocycles. The molecule has 7 heteroatoms. The summed E-state index contributed by atoms with van der Waals surface area (Å²) in [5.41, 5.74) is 11.5. The molecule has 7 nitrogen and oxygen atoms in total.